The third kappa shape index (κ3) is 2.11. The standard InChI is InChI=1S/C12H15N3/c1-10-9-15(7-6-14-10)12-5-3-2-4-11(12)8-13/h2-5,10,14H,6-7,9H2,1H3. The van der Waals surface area contributed by atoms with Gasteiger partial charge in [0.2, 0.25) is 0 Å². The summed E-state index contributed by atoms with van der Waals surface area (Å²) in [6.45, 7) is 5.10. The molecule has 0 aromatic heterocycles. The van der Waals surface area contributed by atoms with E-state index in [1.807, 2.05) is 24.3 Å². The molecule has 0 radical (unpaired) electrons. The Hall–Kier alpha value is -1.53. The Morgan fingerprint density at radius 3 is 3.00 bits per heavy atom. The summed E-state index contributed by atoms with van der Waals surface area (Å²) in [4.78, 5) is 2.28. The zero-order valence-corrected chi connectivity index (χ0v) is 8.90. The third-order valence-electron chi connectivity index (χ3n) is 2.73. The second-order valence-electron chi connectivity index (χ2n) is 3.93. The topological polar surface area (TPSA) is 39.1 Å². The van der Waals surface area contributed by atoms with Crippen molar-refractivity contribution >= 4 is 5.69 Å². The largest absolute Gasteiger partial charge is 0.368 e. The first-order chi connectivity index (χ1) is 7.31. The number of nitrogens with one attached hydrogen (secondary N) is 1. The van der Waals surface area contributed by atoms with Crippen molar-refractivity contribution in [2.75, 3.05) is 24.5 Å². The van der Waals surface area contributed by atoms with Crippen molar-refractivity contribution in [2.24, 2.45) is 0 Å². The second-order valence-corrected chi connectivity index (χ2v) is 3.93. The molecule has 0 saturated carbocycles. The first-order valence-electron chi connectivity index (χ1n) is 5.28. The average Bonchev–Trinajstić information content (AvgIpc) is 2.29. The van der Waals surface area contributed by atoms with Crippen LogP contribution in [0.15, 0.2) is 24.3 Å². The molecule has 1 fully saturated rings. The van der Waals surface area contributed by atoms with Crippen LogP contribution in [-0.2, 0) is 0 Å². The molecule has 1 aromatic carbocycles. The molecule has 15 heavy (non-hydrogen) atoms. The molecule has 1 aliphatic rings. The van der Waals surface area contributed by atoms with Gasteiger partial charge in [-0.25, -0.2) is 0 Å². The van der Waals surface area contributed by atoms with Crippen LogP contribution in [0, 0.1) is 11.3 Å². The minimum atomic E-state index is 0.491. The Labute approximate surface area is 90.3 Å². The summed E-state index contributed by atoms with van der Waals surface area (Å²) >= 11 is 0. The minimum Gasteiger partial charge on any atom is -0.368 e. The van der Waals surface area contributed by atoms with E-state index in [1.54, 1.807) is 0 Å². The maximum atomic E-state index is 9.02. The fourth-order valence-corrected chi connectivity index (χ4v) is 2.00. The number of rotatable bonds is 1. The monoisotopic (exact) mass is 201 g/mol. The van der Waals surface area contributed by atoms with E-state index in [4.69, 9.17) is 5.26 Å². The molecule has 0 bridgehead atoms. The lowest BCUT2D eigenvalue weighted by Crippen LogP contribution is -2.49. The van der Waals surface area contributed by atoms with Crippen LogP contribution >= 0.6 is 0 Å². The molecule has 1 N–H and O–H groups in total. The van der Waals surface area contributed by atoms with Crippen LogP contribution in [-0.4, -0.2) is 25.7 Å². The zero-order valence-electron chi connectivity index (χ0n) is 8.90. The van der Waals surface area contributed by atoms with E-state index < -0.39 is 0 Å². The summed E-state index contributed by atoms with van der Waals surface area (Å²) in [5.41, 5.74) is 1.83. The Kier molecular flexibility index (Phi) is 2.89. The van der Waals surface area contributed by atoms with Gasteiger partial charge in [-0.1, -0.05) is 12.1 Å². The Morgan fingerprint density at radius 1 is 1.47 bits per heavy atom. The zero-order chi connectivity index (χ0) is 10.7. The minimum absolute atomic E-state index is 0.491. The predicted molar refractivity (Wildman–Crippen MR) is 60.8 cm³/mol. The van der Waals surface area contributed by atoms with E-state index in [9.17, 15) is 0 Å². The molecule has 3 nitrogen and oxygen atoms in total. The average molecular weight is 201 g/mol. The van der Waals surface area contributed by atoms with Gasteiger partial charge in [0.15, 0.2) is 0 Å². The Bertz CT molecular complexity index is 381. The van der Waals surface area contributed by atoms with E-state index >= 15 is 0 Å². The molecule has 1 aromatic rings. The first-order valence-corrected chi connectivity index (χ1v) is 5.28. The molecule has 0 spiro atoms. The van der Waals surface area contributed by atoms with Crippen LogP contribution in [0.25, 0.3) is 0 Å². The van der Waals surface area contributed by atoms with Crippen molar-refractivity contribution in [3.05, 3.63) is 29.8 Å². The lowest BCUT2D eigenvalue weighted by atomic mass is 10.1. The lowest BCUT2D eigenvalue weighted by Gasteiger charge is -2.34. The quantitative estimate of drug-likeness (QED) is 0.745. The maximum Gasteiger partial charge on any atom is 0.101 e. The van der Waals surface area contributed by atoms with E-state index in [0.717, 1.165) is 30.9 Å². The van der Waals surface area contributed by atoms with Gasteiger partial charge in [0, 0.05) is 25.7 Å². The van der Waals surface area contributed by atoms with Gasteiger partial charge < -0.3 is 10.2 Å². The summed E-state index contributed by atoms with van der Waals surface area (Å²) in [5, 5.41) is 12.4. The molecule has 1 atom stereocenters. The van der Waals surface area contributed by atoms with Gasteiger partial charge >= 0.3 is 0 Å². The van der Waals surface area contributed by atoms with Crippen LogP contribution in [0.5, 0.6) is 0 Å². The number of nitriles is 1. The molecular formula is C12H15N3. The van der Waals surface area contributed by atoms with Gasteiger partial charge in [-0.15, -0.1) is 0 Å². The molecular weight excluding hydrogens is 186 g/mol. The Balaban J connectivity index is 2.25. The highest BCUT2D eigenvalue weighted by molar-refractivity contribution is 5.59. The number of anilines is 1. The van der Waals surface area contributed by atoms with Crippen LogP contribution < -0.4 is 10.2 Å². The van der Waals surface area contributed by atoms with Gasteiger partial charge in [-0.05, 0) is 19.1 Å². The highest BCUT2D eigenvalue weighted by Crippen LogP contribution is 2.20. The van der Waals surface area contributed by atoms with Crippen molar-refractivity contribution in [2.45, 2.75) is 13.0 Å². The summed E-state index contributed by atoms with van der Waals surface area (Å²) in [6.07, 6.45) is 0. The normalized spacial score (nSPS) is 21.1. The van der Waals surface area contributed by atoms with Gasteiger partial charge in [0.05, 0.1) is 11.3 Å². The molecule has 0 amide bonds. The third-order valence-corrected chi connectivity index (χ3v) is 2.73. The lowest BCUT2D eigenvalue weighted by molar-refractivity contribution is 0.484. The van der Waals surface area contributed by atoms with Gasteiger partial charge in [0.25, 0.3) is 0 Å². The van der Waals surface area contributed by atoms with Crippen LogP contribution in [0.1, 0.15) is 12.5 Å². The van der Waals surface area contributed by atoms with Gasteiger partial charge in [-0.3, -0.25) is 0 Å². The fourth-order valence-electron chi connectivity index (χ4n) is 2.00. The second kappa shape index (κ2) is 4.33. The molecule has 3 heteroatoms. The van der Waals surface area contributed by atoms with Crippen molar-refractivity contribution in [1.82, 2.24) is 5.32 Å². The summed E-state index contributed by atoms with van der Waals surface area (Å²) in [5.74, 6) is 0. The SMILES string of the molecule is CC1CN(c2ccccc2C#N)CCN1. The van der Waals surface area contributed by atoms with E-state index in [0.29, 0.717) is 6.04 Å². The maximum absolute atomic E-state index is 9.02. The van der Waals surface area contributed by atoms with Crippen molar-refractivity contribution in [3.63, 3.8) is 0 Å². The number of hydrogen-bond donors (Lipinski definition) is 1. The first kappa shape index (κ1) is 10.0. The van der Waals surface area contributed by atoms with Crippen molar-refractivity contribution in [1.29, 1.82) is 5.26 Å². The molecule has 1 unspecified atom stereocenters. The van der Waals surface area contributed by atoms with Crippen molar-refractivity contribution in [3.8, 4) is 6.07 Å². The summed E-state index contributed by atoms with van der Waals surface area (Å²) < 4.78 is 0. The predicted octanol–water partition coefficient (Wildman–Crippen LogP) is 1.36. The highest BCUT2D eigenvalue weighted by Gasteiger charge is 2.17. The molecule has 78 valence electrons. The number of benzene rings is 1. The van der Waals surface area contributed by atoms with E-state index in [1.165, 1.54) is 0 Å². The number of hydrogen-bond acceptors (Lipinski definition) is 3. The molecule has 1 heterocycles. The van der Waals surface area contributed by atoms with Crippen LogP contribution in [0.2, 0.25) is 0 Å². The number of nitrogens with zero attached hydrogens (tertiary/aromatic N) is 2. The van der Waals surface area contributed by atoms with E-state index in [-0.39, 0.29) is 0 Å². The fraction of sp³-hybridized carbons (Fsp3) is 0.417. The van der Waals surface area contributed by atoms with Gasteiger partial charge in [0.1, 0.15) is 6.07 Å². The smallest absolute Gasteiger partial charge is 0.101 e. The summed E-state index contributed by atoms with van der Waals surface area (Å²) in [6, 6.07) is 10.5. The summed E-state index contributed by atoms with van der Waals surface area (Å²) in [7, 11) is 0. The van der Waals surface area contributed by atoms with Crippen LogP contribution in [0.4, 0.5) is 5.69 Å². The molecule has 1 aliphatic heterocycles. The molecule has 0 aliphatic carbocycles. The highest BCUT2D eigenvalue weighted by atomic mass is 15.2. The number of piperazine rings is 1. The number of para-hydroxylation sites is 1. The molecule has 1 saturated heterocycles. The van der Waals surface area contributed by atoms with E-state index in [2.05, 4.69) is 23.2 Å². The van der Waals surface area contributed by atoms with Gasteiger partial charge in [-0.2, -0.15) is 5.26 Å². The van der Waals surface area contributed by atoms with Crippen molar-refractivity contribution < 1.29 is 0 Å². The molecule has 2 rings (SSSR count). The van der Waals surface area contributed by atoms with Crippen LogP contribution in [0.3, 0.4) is 0 Å². The Morgan fingerprint density at radius 2 is 2.27 bits per heavy atom.